The lowest BCUT2D eigenvalue weighted by atomic mass is 10.2. The molecular formula is C20H18F3N3O4. The lowest BCUT2D eigenvalue weighted by Gasteiger charge is -2.18. The molecular weight excluding hydrogens is 403 g/mol. The van der Waals surface area contributed by atoms with Crippen molar-refractivity contribution in [3.63, 3.8) is 0 Å². The predicted octanol–water partition coefficient (Wildman–Crippen LogP) is 4.68. The number of hydrogen-bond acceptors (Lipinski definition) is 6. The molecule has 0 atom stereocenters. The molecule has 0 N–H and O–H groups in total. The van der Waals surface area contributed by atoms with Crippen LogP contribution in [0, 0.1) is 0 Å². The van der Waals surface area contributed by atoms with Crippen LogP contribution in [-0.4, -0.2) is 33.9 Å². The first-order valence-corrected chi connectivity index (χ1v) is 9.03. The number of alkyl halides is 3. The molecule has 0 unspecified atom stereocenters. The molecule has 158 valence electrons. The minimum absolute atomic E-state index is 0.114. The van der Waals surface area contributed by atoms with Gasteiger partial charge in [0, 0.05) is 12.6 Å². The molecule has 3 aromatic rings. The van der Waals surface area contributed by atoms with E-state index < -0.39 is 6.36 Å². The highest BCUT2D eigenvalue weighted by Crippen LogP contribution is 2.23. The lowest BCUT2D eigenvalue weighted by molar-refractivity contribution is -0.274. The molecule has 30 heavy (non-hydrogen) atoms. The summed E-state index contributed by atoms with van der Waals surface area (Å²) in [5, 5.41) is 7.83. The molecule has 1 amide bonds. The molecule has 0 fully saturated rings. The zero-order valence-corrected chi connectivity index (χ0v) is 15.9. The third-order valence-electron chi connectivity index (χ3n) is 3.86. The van der Waals surface area contributed by atoms with Crippen molar-refractivity contribution in [2.24, 2.45) is 0 Å². The standard InChI is InChI=1S/C20H18F3N3O4/c1-2-11-26(13-17-24-25-19(29-17)16-4-3-12-28-16)18(27)10-7-14-5-8-15(9-6-14)30-20(21,22)23/h3-10,12H,2,11,13H2,1H3. The van der Waals surface area contributed by atoms with Crippen molar-refractivity contribution < 1.29 is 31.5 Å². The van der Waals surface area contributed by atoms with Crippen LogP contribution in [0.1, 0.15) is 24.8 Å². The number of carbonyl (C=O) groups is 1. The van der Waals surface area contributed by atoms with E-state index in [0.29, 0.717) is 24.3 Å². The van der Waals surface area contributed by atoms with Crippen LogP contribution >= 0.6 is 0 Å². The van der Waals surface area contributed by atoms with E-state index in [2.05, 4.69) is 14.9 Å². The highest BCUT2D eigenvalue weighted by molar-refractivity contribution is 5.91. The number of halogens is 3. The minimum Gasteiger partial charge on any atom is -0.459 e. The maximum Gasteiger partial charge on any atom is 0.573 e. The molecule has 7 nitrogen and oxygen atoms in total. The number of ether oxygens (including phenoxy) is 1. The van der Waals surface area contributed by atoms with Gasteiger partial charge in [-0.2, -0.15) is 0 Å². The van der Waals surface area contributed by atoms with Crippen LogP contribution in [0.4, 0.5) is 13.2 Å². The van der Waals surface area contributed by atoms with Crippen LogP contribution in [0.25, 0.3) is 17.7 Å². The van der Waals surface area contributed by atoms with E-state index >= 15 is 0 Å². The average molecular weight is 421 g/mol. The van der Waals surface area contributed by atoms with Crippen molar-refractivity contribution in [2.75, 3.05) is 6.54 Å². The summed E-state index contributed by atoms with van der Waals surface area (Å²) in [5.74, 6) is 0.272. The molecule has 2 heterocycles. The van der Waals surface area contributed by atoms with Gasteiger partial charge < -0.3 is 18.5 Å². The van der Waals surface area contributed by atoms with E-state index in [1.165, 1.54) is 47.6 Å². The third-order valence-corrected chi connectivity index (χ3v) is 3.86. The molecule has 0 radical (unpaired) electrons. The largest absolute Gasteiger partial charge is 0.573 e. The van der Waals surface area contributed by atoms with E-state index in [4.69, 9.17) is 8.83 Å². The second kappa shape index (κ2) is 9.29. The van der Waals surface area contributed by atoms with Crippen molar-refractivity contribution in [3.8, 4) is 17.4 Å². The quantitative estimate of drug-likeness (QED) is 0.491. The van der Waals surface area contributed by atoms with E-state index in [9.17, 15) is 18.0 Å². The molecule has 0 saturated heterocycles. The highest BCUT2D eigenvalue weighted by Gasteiger charge is 2.30. The number of carbonyl (C=O) groups excluding carboxylic acids is 1. The Morgan fingerprint density at radius 3 is 2.60 bits per heavy atom. The van der Waals surface area contributed by atoms with Crippen LogP contribution in [-0.2, 0) is 11.3 Å². The average Bonchev–Trinajstić information content (AvgIpc) is 3.37. The van der Waals surface area contributed by atoms with Crippen LogP contribution < -0.4 is 4.74 Å². The number of hydrogen-bond donors (Lipinski definition) is 0. The summed E-state index contributed by atoms with van der Waals surface area (Å²) in [6, 6.07) is 8.57. The first-order valence-electron chi connectivity index (χ1n) is 9.03. The summed E-state index contributed by atoms with van der Waals surface area (Å²) >= 11 is 0. The van der Waals surface area contributed by atoms with Gasteiger partial charge in [-0.25, -0.2) is 0 Å². The first kappa shape index (κ1) is 21.2. The van der Waals surface area contributed by atoms with Crippen molar-refractivity contribution in [2.45, 2.75) is 26.3 Å². The molecule has 0 spiro atoms. The molecule has 3 rings (SSSR count). The molecule has 0 aliphatic rings. The molecule has 0 aliphatic carbocycles. The van der Waals surface area contributed by atoms with E-state index in [0.717, 1.165) is 0 Å². The van der Waals surface area contributed by atoms with Gasteiger partial charge in [-0.1, -0.05) is 19.1 Å². The lowest BCUT2D eigenvalue weighted by Crippen LogP contribution is -2.29. The fourth-order valence-corrected chi connectivity index (χ4v) is 2.57. The van der Waals surface area contributed by atoms with Crippen molar-refractivity contribution in [1.29, 1.82) is 0 Å². The summed E-state index contributed by atoms with van der Waals surface area (Å²) in [6.07, 6.45) is 0.282. The molecule has 2 aromatic heterocycles. The van der Waals surface area contributed by atoms with E-state index in [-0.39, 0.29) is 30.0 Å². The topological polar surface area (TPSA) is 81.6 Å². The summed E-state index contributed by atoms with van der Waals surface area (Å²) in [5.41, 5.74) is 0.548. The van der Waals surface area contributed by atoms with Gasteiger partial charge in [-0.05, 0) is 42.3 Å². The Labute approximate surface area is 169 Å². The van der Waals surface area contributed by atoms with Gasteiger partial charge in [0.25, 0.3) is 5.89 Å². The van der Waals surface area contributed by atoms with Gasteiger partial charge in [-0.15, -0.1) is 23.4 Å². The number of nitrogens with zero attached hydrogens (tertiary/aromatic N) is 3. The second-order valence-corrected chi connectivity index (χ2v) is 6.19. The van der Waals surface area contributed by atoms with Crippen LogP contribution in [0.2, 0.25) is 0 Å². The van der Waals surface area contributed by atoms with Gasteiger partial charge >= 0.3 is 6.36 Å². The number of amides is 1. The first-order chi connectivity index (χ1) is 14.3. The Kier molecular flexibility index (Phi) is 6.55. The van der Waals surface area contributed by atoms with Crippen molar-refractivity contribution in [1.82, 2.24) is 15.1 Å². The highest BCUT2D eigenvalue weighted by atomic mass is 19.4. The zero-order chi connectivity index (χ0) is 21.6. The summed E-state index contributed by atoms with van der Waals surface area (Å²) in [7, 11) is 0. The van der Waals surface area contributed by atoms with E-state index in [1.54, 1.807) is 12.1 Å². The predicted molar refractivity (Wildman–Crippen MR) is 99.9 cm³/mol. The second-order valence-electron chi connectivity index (χ2n) is 6.19. The Balaban J connectivity index is 1.63. The van der Waals surface area contributed by atoms with Gasteiger partial charge in [-0.3, -0.25) is 4.79 Å². The minimum atomic E-state index is -4.75. The Bertz CT molecular complexity index is 980. The summed E-state index contributed by atoms with van der Waals surface area (Å²) in [4.78, 5) is 14.1. The molecule has 1 aromatic carbocycles. The van der Waals surface area contributed by atoms with Crippen molar-refractivity contribution in [3.05, 3.63) is 60.2 Å². The maximum atomic E-state index is 12.6. The molecule has 0 aliphatic heterocycles. The SMILES string of the molecule is CCCN(Cc1nnc(-c2ccco2)o1)C(=O)C=Cc1ccc(OC(F)(F)F)cc1. The van der Waals surface area contributed by atoms with Gasteiger partial charge in [0.05, 0.1) is 12.8 Å². The fraction of sp³-hybridized carbons (Fsp3) is 0.250. The fourth-order valence-electron chi connectivity index (χ4n) is 2.57. The number of furan rings is 1. The van der Waals surface area contributed by atoms with Gasteiger partial charge in [0.1, 0.15) is 5.75 Å². The third kappa shape index (κ3) is 5.97. The molecule has 0 bridgehead atoms. The summed E-state index contributed by atoms with van der Waals surface area (Å²) < 4.78 is 51.2. The van der Waals surface area contributed by atoms with Crippen LogP contribution in [0.5, 0.6) is 5.75 Å². The number of rotatable bonds is 8. The van der Waals surface area contributed by atoms with Gasteiger partial charge in [0.2, 0.25) is 11.8 Å². The Hall–Kier alpha value is -3.56. The maximum absolute atomic E-state index is 12.6. The normalized spacial score (nSPS) is 11.7. The number of benzene rings is 1. The molecule has 0 saturated carbocycles. The Morgan fingerprint density at radius 2 is 1.97 bits per heavy atom. The van der Waals surface area contributed by atoms with Gasteiger partial charge in [0.15, 0.2) is 5.76 Å². The van der Waals surface area contributed by atoms with Crippen molar-refractivity contribution >= 4 is 12.0 Å². The number of aromatic nitrogens is 2. The monoisotopic (exact) mass is 421 g/mol. The van der Waals surface area contributed by atoms with E-state index in [1.807, 2.05) is 6.92 Å². The molecule has 10 heteroatoms. The smallest absolute Gasteiger partial charge is 0.459 e. The Morgan fingerprint density at radius 1 is 1.20 bits per heavy atom. The van der Waals surface area contributed by atoms with Crippen LogP contribution in [0.3, 0.4) is 0 Å². The summed E-state index contributed by atoms with van der Waals surface area (Å²) in [6.45, 7) is 2.49. The zero-order valence-electron chi connectivity index (χ0n) is 15.9. The van der Waals surface area contributed by atoms with Crippen LogP contribution in [0.15, 0.2) is 57.6 Å².